The molecule has 3 aromatic rings. The zero-order chi connectivity index (χ0) is 29.2. The van der Waals surface area contributed by atoms with Crippen LogP contribution >= 0.6 is 11.8 Å². The first kappa shape index (κ1) is 27.9. The number of anilines is 1. The Morgan fingerprint density at radius 1 is 1.10 bits per heavy atom. The minimum atomic E-state index is -3.05. The number of hydrogen-bond donors (Lipinski definition) is 3. The Morgan fingerprint density at radius 2 is 1.93 bits per heavy atom. The summed E-state index contributed by atoms with van der Waals surface area (Å²) in [5, 5.41) is 8.54. The third-order valence-corrected chi connectivity index (χ3v) is 8.34. The molecule has 3 aliphatic heterocycles. The van der Waals surface area contributed by atoms with Gasteiger partial charge in [-0.25, -0.2) is 0 Å². The SMILES string of the molecule is O=C(NCC(=O)N1C[C@H](OC(F)F)C[C@H]1C(=O)NCc1ccc2c(n1)CCN2)c1ccc2c(c1)Oc1ccccc1S2. The van der Waals surface area contributed by atoms with Crippen LogP contribution in [0.5, 0.6) is 11.5 Å². The largest absolute Gasteiger partial charge is 0.455 e. The Bertz CT molecular complexity index is 1540. The molecule has 2 aromatic carbocycles. The average molecular weight is 596 g/mol. The van der Waals surface area contributed by atoms with Crippen LogP contribution < -0.4 is 20.7 Å². The van der Waals surface area contributed by atoms with Gasteiger partial charge in [-0.3, -0.25) is 19.4 Å². The van der Waals surface area contributed by atoms with E-state index in [9.17, 15) is 23.2 Å². The number of alkyl halides is 2. The van der Waals surface area contributed by atoms with Crippen LogP contribution in [-0.4, -0.2) is 66.0 Å². The zero-order valence-corrected chi connectivity index (χ0v) is 23.1. The van der Waals surface area contributed by atoms with E-state index in [1.165, 1.54) is 16.7 Å². The number of carbonyl (C=O) groups is 3. The van der Waals surface area contributed by atoms with Gasteiger partial charge in [-0.2, -0.15) is 8.78 Å². The molecule has 0 spiro atoms. The lowest BCUT2D eigenvalue weighted by Crippen LogP contribution is -2.49. The van der Waals surface area contributed by atoms with Gasteiger partial charge in [0.05, 0.1) is 46.1 Å². The number of carbonyl (C=O) groups excluding carboxylic acids is 3. The summed E-state index contributed by atoms with van der Waals surface area (Å²) in [5.41, 5.74) is 2.80. The number of aromatic nitrogens is 1. The van der Waals surface area contributed by atoms with E-state index in [2.05, 4.69) is 25.7 Å². The predicted molar refractivity (Wildman–Crippen MR) is 149 cm³/mol. The minimum Gasteiger partial charge on any atom is -0.455 e. The van der Waals surface area contributed by atoms with Crippen molar-refractivity contribution in [2.75, 3.05) is 25.0 Å². The van der Waals surface area contributed by atoms with Crippen LogP contribution in [0, 0.1) is 0 Å². The van der Waals surface area contributed by atoms with Crippen molar-refractivity contribution < 1.29 is 32.6 Å². The van der Waals surface area contributed by atoms with E-state index in [1.54, 1.807) is 24.3 Å². The third kappa shape index (κ3) is 6.02. The fourth-order valence-corrected chi connectivity index (χ4v) is 6.13. The third-order valence-electron chi connectivity index (χ3n) is 7.23. The maximum atomic E-state index is 13.1. The van der Waals surface area contributed by atoms with Crippen molar-refractivity contribution in [3.05, 3.63) is 71.5 Å². The van der Waals surface area contributed by atoms with Crippen molar-refractivity contribution >= 4 is 35.2 Å². The summed E-state index contributed by atoms with van der Waals surface area (Å²) in [7, 11) is 0. The summed E-state index contributed by atoms with van der Waals surface area (Å²) in [5.74, 6) is -0.415. The number of likely N-dealkylation sites (tertiary alicyclic amines) is 1. The van der Waals surface area contributed by atoms with Gasteiger partial charge in [0.1, 0.15) is 17.5 Å². The fourth-order valence-electron chi connectivity index (χ4n) is 5.20. The second kappa shape index (κ2) is 11.9. The quantitative estimate of drug-likeness (QED) is 0.283. The van der Waals surface area contributed by atoms with E-state index in [-0.39, 0.29) is 25.1 Å². The molecule has 42 heavy (non-hydrogen) atoms. The first-order valence-electron chi connectivity index (χ1n) is 13.4. The molecule has 2 atom stereocenters. The van der Waals surface area contributed by atoms with Gasteiger partial charge in [-0.1, -0.05) is 23.9 Å². The predicted octanol–water partition coefficient (Wildman–Crippen LogP) is 3.56. The second-order valence-corrected chi connectivity index (χ2v) is 11.1. The van der Waals surface area contributed by atoms with Gasteiger partial charge in [0.15, 0.2) is 0 Å². The molecule has 1 fully saturated rings. The highest BCUT2D eigenvalue weighted by Crippen LogP contribution is 2.46. The number of hydrogen-bond acceptors (Lipinski definition) is 8. The maximum absolute atomic E-state index is 13.1. The molecule has 0 bridgehead atoms. The molecule has 0 unspecified atom stereocenters. The van der Waals surface area contributed by atoms with Crippen LogP contribution in [0.15, 0.2) is 64.4 Å². The number of fused-ring (bicyclic) bond motifs is 3. The highest BCUT2D eigenvalue weighted by molar-refractivity contribution is 7.99. The maximum Gasteiger partial charge on any atom is 0.345 e. The molecule has 218 valence electrons. The monoisotopic (exact) mass is 595 g/mol. The molecule has 10 nitrogen and oxygen atoms in total. The lowest BCUT2D eigenvalue weighted by Gasteiger charge is -2.24. The number of halogens is 2. The number of nitrogens with zero attached hydrogens (tertiary/aromatic N) is 2. The Hall–Kier alpha value is -4.23. The van der Waals surface area contributed by atoms with Crippen LogP contribution in [0.25, 0.3) is 0 Å². The number of pyridine rings is 1. The summed E-state index contributed by atoms with van der Waals surface area (Å²) in [6.45, 7) is -2.77. The van der Waals surface area contributed by atoms with Gasteiger partial charge in [0.25, 0.3) is 5.91 Å². The molecule has 3 N–H and O–H groups in total. The van der Waals surface area contributed by atoms with Gasteiger partial charge >= 0.3 is 6.61 Å². The lowest BCUT2D eigenvalue weighted by atomic mass is 10.1. The van der Waals surface area contributed by atoms with Gasteiger partial charge in [-0.15, -0.1) is 0 Å². The van der Waals surface area contributed by atoms with Gasteiger partial charge in [0.2, 0.25) is 11.8 Å². The van der Waals surface area contributed by atoms with Crippen LogP contribution in [0.3, 0.4) is 0 Å². The molecule has 6 rings (SSSR count). The number of nitrogens with one attached hydrogen (secondary N) is 3. The smallest absolute Gasteiger partial charge is 0.345 e. The van der Waals surface area contributed by atoms with E-state index in [0.717, 1.165) is 34.1 Å². The van der Waals surface area contributed by atoms with Crippen LogP contribution in [-0.2, 0) is 27.3 Å². The zero-order valence-electron chi connectivity index (χ0n) is 22.3. The normalized spacial score (nSPS) is 18.4. The molecule has 3 amide bonds. The number of ether oxygens (including phenoxy) is 2. The van der Waals surface area contributed by atoms with E-state index in [4.69, 9.17) is 4.74 Å². The van der Waals surface area contributed by atoms with Crippen molar-refractivity contribution in [3.63, 3.8) is 0 Å². The molecular weight excluding hydrogens is 568 g/mol. The molecule has 3 aliphatic rings. The van der Waals surface area contributed by atoms with Crippen molar-refractivity contribution in [1.29, 1.82) is 0 Å². The molecule has 13 heteroatoms. The molecule has 4 heterocycles. The molecule has 0 saturated carbocycles. The average Bonchev–Trinajstić information content (AvgIpc) is 3.63. The molecular formula is C29H27F2N5O5S. The van der Waals surface area contributed by atoms with Crippen molar-refractivity contribution in [2.24, 2.45) is 0 Å². The minimum absolute atomic E-state index is 0.0985. The highest BCUT2D eigenvalue weighted by Gasteiger charge is 2.41. The summed E-state index contributed by atoms with van der Waals surface area (Å²) >= 11 is 1.53. The van der Waals surface area contributed by atoms with Crippen LogP contribution in [0.4, 0.5) is 14.5 Å². The second-order valence-electron chi connectivity index (χ2n) is 10.0. The Kier molecular flexibility index (Phi) is 7.94. The van der Waals surface area contributed by atoms with E-state index < -0.39 is 43.0 Å². The topological polar surface area (TPSA) is 122 Å². The van der Waals surface area contributed by atoms with E-state index in [0.29, 0.717) is 17.2 Å². The van der Waals surface area contributed by atoms with Crippen LogP contribution in [0.2, 0.25) is 0 Å². The fraction of sp³-hybridized carbons (Fsp3) is 0.310. The first-order valence-corrected chi connectivity index (χ1v) is 14.3. The van der Waals surface area contributed by atoms with Gasteiger partial charge < -0.3 is 30.3 Å². The molecule has 0 aliphatic carbocycles. The van der Waals surface area contributed by atoms with Crippen molar-refractivity contribution in [2.45, 2.75) is 47.9 Å². The molecule has 1 saturated heterocycles. The molecule has 1 aromatic heterocycles. The number of rotatable bonds is 8. The summed E-state index contributed by atoms with van der Waals surface area (Å²) in [6, 6.07) is 15.2. The van der Waals surface area contributed by atoms with Gasteiger partial charge in [-0.05, 0) is 42.5 Å². The van der Waals surface area contributed by atoms with Gasteiger partial charge in [0, 0.05) is 31.5 Å². The molecule has 0 radical (unpaired) electrons. The standard InChI is InChI=1S/C29H27F2N5O5S/c30-29(31)40-18-12-21(28(39)33-13-17-6-7-19-20(35-17)9-10-32-19)36(15-18)26(37)14-34-27(38)16-5-8-25-23(11-16)41-22-3-1-2-4-24(22)42-25/h1-8,11,18,21,29,32H,9-10,12-15H2,(H,33,39)(H,34,38)/t18-,21+/m1/s1. The number of para-hydroxylation sites is 1. The first-order chi connectivity index (χ1) is 20.3. The number of benzene rings is 2. The van der Waals surface area contributed by atoms with E-state index in [1.807, 2.05) is 30.3 Å². The summed E-state index contributed by atoms with van der Waals surface area (Å²) in [4.78, 5) is 46.7. The van der Waals surface area contributed by atoms with Crippen molar-refractivity contribution in [3.8, 4) is 11.5 Å². The number of amides is 3. The van der Waals surface area contributed by atoms with Crippen molar-refractivity contribution in [1.82, 2.24) is 20.5 Å². The summed E-state index contributed by atoms with van der Waals surface area (Å²) in [6.07, 6.45) is -0.340. The Morgan fingerprint density at radius 3 is 2.79 bits per heavy atom. The lowest BCUT2D eigenvalue weighted by molar-refractivity contribution is -0.160. The van der Waals surface area contributed by atoms with E-state index >= 15 is 0 Å². The Labute approximate surface area is 244 Å². The Balaban J connectivity index is 1.08. The van der Waals surface area contributed by atoms with Crippen LogP contribution in [0.1, 0.15) is 28.2 Å². The summed E-state index contributed by atoms with van der Waals surface area (Å²) < 4.78 is 36.5. The highest BCUT2D eigenvalue weighted by atomic mass is 32.2.